The highest BCUT2D eigenvalue weighted by atomic mass is 32.1. The first-order chi connectivity index (χ1) is 14.2. The number of rotatable bonds is 3. The molecule has 0 radical (unpaired) electrons. The summed E-state index contributed by atoms with van der Waals surface area (Å²) in [6.07, 6.45) is 3.22. The van der Waals surface area contributed by atoms with E-state index in [2.05, 4.69) is 25.7 Å². The molecule has 6 heteroatoms. The molecular weight excluding hydrogens is 397 g/mol. The molecule has 1 aliphatic carbocycles. The lowest BCUT2D eigenvalue weighted by molar-refractivity contribution is 0.0699. The van der Waals surface area contributed by atoms with Crippen LogP contribution in [0.3, 0.4) is 0 Å². The van der Waals surface area contributed by atoms with Crippen molar-refractivity contribution in [3.63, 3.8) is 0 Å². The Morgan fingerprint density at radius 2 is 1.93 bits per heavy atom. The molecule has 4 nitrogen and oxygen atoms in total. The zero-order chi connectivity index (χ0) is 21.1. The van der Waals surface area contributed by atoms with E-state index in [9.17, 15) is 9.18 Å². The fourth-order valence-corrected chi connectivity index (χ4v) is 6.38. The average Bonchev–Trinajstić information content (AvgIpc) is 3.38. The first-order valence-corrected chi connectivity index (χ1v) is 11.3. The van der Waals surface area contributed by atoms with Crippen LogP contribution in [0, 0.1) is 16.6 Å². The predicted molar refractivity (Wildman–Crippen MR) is 117 cm³/mol. The third-order valence-corrected chi connectivity index (χ3v) is 7.34. The van der Waals surface area contributed by atoms with Crippen LogP contribution in [0.5, 0.6) is 0 Å². The first-order valence-electron chi connectivity index (χ1n) is 10.4. The molecule has 1 aliphatic heterocycles. The van der Waals surface area contributed by atoms with Gasteiger partial charge in [-0.3, -0.25) is 4.79 Å². The SMILES string of the molecule is CC1(C)CC2CC(C)(CN2C(=O)c2cc(-c3cccs3)nn2-c2ccc(F)cc2)C1. The number of thiophene rings is 1. The van der Waals surface area contributed by atoms with Gasteiger partial charge in [-0.2, -0.15) is 5.10 Å². The summed E-state index contributed by atoms with van der Waals surface area (Å²) in [5.74, 6) is -0.290. The molecule has 2 aromatic heterocycles. The molecule has 3 heterocycles. The molecule has 0 N–H and O–H groups in total. The van der Waals surface area contributed by atoms with E-state index in [0.717, 1.165) is 36.4 Å². The van der Waals surface area contributed by atoms with Gasteiger partial charge in [0.15, 0.2) is 0 Å². The number of benzene rings is 1. The highest BCUT2D eigenvalue weighted by molar-refractivity contribution is 7.13. The molecule has 2 atom stereocenters. The molecule has 5 rings (SSSR count). The summed E-state index contributed by atoms with van der Waals surface area (Å²) in [5.41, 5.74) is 2.41. The number of carbonyl (C=O) groups excluding carboxylic acids is 1. The molecule has 2 bridgehead atoms. The highest BCUT2D eigenvalue weighted by Gasteiger charge is 2.51. The topological polar surface area (TPSA) is 38.1 Å². The first kappa shape index (κ1) is 19.5. The second-order valence-corrected chi connectivity index (χ2v) is 10.9. The van der Waals surface area contributed by atoms with Gasteiger partial charge < -0.3 is 4.90 Å². The van der Waals surface area contributed by atoms with E-state index in [4.69, 9.17) is 5.10 Å². The number of fused-ring (bicyclic) bond motifs is 2. The molecule has 1 saturated carbocycles. The maximum Gasteiger partial charge on any atom is 0.272 e. The number of likely N-dealkylation sites (tertiary alicyclic amines) is 1. The highest BCUT2D eigenvalue weighted by Crippen LogP contribution is 2.52. The summed E-state index contributed by atoms with van der Waals surface area (Å²) in [6.45, 7) is 7.71. The summed E-state index contributed by atoms with van der Waals surface area (Å²) in [7, 11) is 0. The van der Waals surface area contributed by atoms with Crippen molar-refractivity contribution >= 4 is 17.2 Å². The van der Waals surface area contributed by atoms with Gasteiger partial charge in [-0.1, -0.05) is 26.8 Å². The molecule has 2 unspecified atom stereocenters. The molecule has 3 aromatic rings. The molecule has 1 aromatic carbocycles. The molecule has 1 amide bonds. The van der Waals surface area contributed by atoms with E-state index in [1.54, 1.807) is 28.2 Å². The van der Waals surface area contributed by atoms with Crippen molar-refractivity contribution in [2.75, 3.05) is 6.54 Å². The van der Waals surface area contributed by atoms with Gasteiger partial charge in [0.2, 0.25) is 0 Å². The Morgan fingerprint density at radius 3 is 2.63 bits per heavy atom. The Kier molecular flexibility index (Phi) is 4.40. The van der Waals surface area contributed by atoms with Crippen molar-refractivity contribution in [3.8, 4) is 16.3 Å². The molecule has 2 aliphatic rings. The smallest absolute Gasteiger partial charge is 0.272 e. The fraction of sp³-hybridized carbons (Fsp3) is 0.417. The maximum atomic E-state index is 13.8. The monoisotopic (exact) mass is 423 g/mol. The lowest BCUT2D eigenvalue weighted by atomic mass is 9.65. The van der Waals surface area contributed by atoms with Gasteiger partial charge in [0.05, 0.1) is 10.6 Å². The number of halogens is 1. The zero-order valence-electron chi connectivity index (χ0n) is 17.6. The van der Waals surface area contributed by atoms with E-state index < -0.39 is 0 Å². The van der Waals surface area contributed by atoms with Crippen molar-refractivity contribution < 1.29 is 9.18 Å². The van der Waals surface area contributed by atoms with E-state index in [-0.39, 0.29) is 28.6 Å². The van der Waals surface area contributed by atoms with Crippen molar-refractivity contribution in [1.82, 2.24) is 14.7 Å². The van der Waals surface area contributed by atoms with E-state index in [1.165, 1.54) is 12.1 Å². The van der Waals surface area contributed by atoms with Crippen LogP contribution in [0.15, 0.2) is 47.8 Å². The number of nitrogens with zero attached hydrogens (tertiary/aromatic N) is 3. The quantitative estimate of drug-likeness (QED) is 0.535. The second-order valence-electron chi connectivity index (χ2n) is 9.93. The molecule has 30 heavy (non-hydrogen) atoms. The molecule has 2 fully saturated rings. The van der Waals surface area contributed by atoms with Crippen molar-refractivity contribution in [3.05, 3.63) is 59.4 Å². The van der Waals surface area contributed by atoms with E-state index in [1.807, 2.05) is 23.6 Å². The van der Waals surface area contributed by atoms with Crippen LogP contribution in [0.25, 0.3) is 16.3 Å². The molecule has 156 valence electrons. The van der Waals surface area contributed by atoms with Crippen molar-refractivity contribution in [2.24, 2.45) is 10.8 Å². The zero-order valence-corrected chi connectivity index (χ0v) is 18.4. The van der Waals surface area contributed by atoms with Crippen molar-refractivity contribution in [1.29, 1.82) is 0 Å². The third kappa shape index (κ3) is 3.37. The van der Waals surface area contributed by atoms with Crippen LogP contribution >= 0.6 is 11.3 Å². The number of hydrogen-bond acceptors (Lipinski definition) is 3. The van der Waals surface area contributed by atoms with E-state index in [0.29, 0.717) is 11.4 Å². The Balaban J connectivity index is 1.56. The lowest BCUT2D eigenvalue weighted by Crippen LogP contribution is -2.38. The molecular formula is C24H26FN3OS. The van der Waals surface area contributed by atoms with Gasteiger partial charge in [0, 0.05) is 12.6 Å². The normalized spacial score (nSPS) is 24.9. The summed E-state index contributed by atoms with van der Waals surface area (Å²) < 4.78 is 15.2. The standard InChI is InChI=1S/C24H26FN3OS/c1-23(2)12-18-13-24(3,14-23)15-27(18)22(29)20-11-19(21-5-4-10-30-21)26-28(20)17-8-6-16(25)7-9-17/h4-11,18H,12-15H2,1-3H3. The number of amides is 1. The lowest BCUT2D eigenvalue weighted by Gasteiger charge is -2.39. The summed E-state index contributed by atoms with van der Waals surface area (Å²) in [6, 6.07) is 12.3. The Morgan fingerprint density at radius 1 is 1.17 bits per heavy atom. The fourth-order valence-electron chi connectivity index (χ4n) is 5.70. The van der Waals surface area contributed by atoms with Gasteiger partial charge in [0.1, 0.15) is 17.2 Å². The number of carbonyl (C=O) groups is 1. The Labute approximate surface area is 180 Å². The van der Waals surface area contributed by atoms with Crippen molar-refractivity contribution in [2.45, 2.75) is 46.1 Å². The summed E-state index contributed by atoms with van der Waals surface area (Å²) >= 11 is 1.59. The minimum atomic E-state index is -0.305. The largest absolute Gasteiger partial charge is 0.334 e. The van der Waals surface area contributed by atoms with Crippen LogP contribution in [0.1, 0.15) is 50.5 Å². The van der Waals surface area contributed by atoms with Crippen LogP contribution in [0.2, 0.25) is 0 Å². The minimum Gasteiger partial charge on any atom is -0.334 e. The van der Waals surface area contributed by atoms with E-state index >= 15 is 0 Å². The second kappa shape index (κ2) is 6.77. The van der Waals surface area contributed by atoms with Crippen LogP contribution in [-0.4, -0.2) is 33.2 Å². The maximum absolute atomic E-state index is 13.8. The molecule has 1 saturated heterocycles. The third-order valence-electron chi connectivity index (χ3n) is 6.45. The average molecular weight is 424 g/mol. The van der Waals surface area contributed by atoms with Gasteiger partial charge in [0.25, 0.3) is 5.91 Å². The number of aromatic nitrogens is 2. The van der Waals surface area contributed by atoms with Crippen LogP contribution in [-0.2, 0) is 0 Å². The van der Waals surface area contributed by atoms with Gasteiger partial charge in [-0.25, -0.2) is 9.07 Å². The van der Waals surface area contributed by atoms with Gasteiger partial charge in [-0.15, -0.1) is 11.3 Å². The molecule has 0 spiro atoms. The van der Waals surface area contributed by atoms with Gasteiger partial charge in [-0.05, 0) is 71.9 Å². The summed E-state index contributed by atoms with van der Waals surface area (Å²) in [4.78, 5) is 16.9. The number of hydrogen-bond donors (Lipinski definition) is 0. The Bertz CT molecular complexity index is 1090. The Hall–Kier alpha value is -2.47. The predicted octanol–water partition coefficient (Wildman–Crippen LogP) is 5.78. The minimum absolute atomic E-state index is 0.0149. The van der Waals surface area contributed by atoms with Crippen LogP contribution in [0.4, 0.5) is 4.39 Å². The summed E-state index contributed by atoms with van der Waals surface area (Å²) in [5, 5.41) is 6.73. The van der Waals surface area contributed by atoms with Gasteiger partial charge >= 0.3 is 0 Å². The van der Waals surface area contributed by atoms with Crippen LogP contribution < -0.4 is 0 Å².